The van der Waals surface area contributed by atoms with Gasteiger partial charge in [0.2, 0.25) is 0 Å². The van der Waals surface area contributed by atoms with Crippen molar-refractivity contribution in [1.82, 2.24) is 5.32 Å². The third kappa shape index (κ3) is 4.87. The lowest BCUT2D eigenvalue weighted by molar-refractivity contribution is -0.137. The van der Waals surface area contributed by atoms with E-state index in [1.807, 2.05) is 0 Å². The highest BCUT2D eigenvalue weighted by Crippen LogP contribution is 2.19. The van der Waals surface area contributed by atoms with Crippen molar-refractivity contribution in [3.63, 3.8) is 0 Å². The van der Waals surface area contributed by atoms with E-state index in [9.17, 15) is 9.59 Å². The molecule has 1 aromatic rings. The van der Waals surface area contributed by atoms with Crippen LogP contribution in [-0.2, 0) is 4.79 Å². The van der Waals surface area contributed by atoms with Gasteiger partial charge in [-0.3, -0.25) is 9.59 Å². The number of methoxy groups -OCH3 is 1. The van der Waals surface area contributed by atoms with Crippen molar-refractivity contribution in [3.8, 4) is 5.75 Å². The van der Waals surface area contributed by atoms with Gasteiger partial charge in [-0.2, -0.15) is 0 Å². The number of nitrogens with one attached hydrogen (secondary N) is 1. The van der Waals surface area contributed by atoms with Gasteiger partial charge in [0.15, 0.2) is 0 Å². The largest absolute Gasteiger partial charge is 0.497 e. The van der Waals surface area contributed by atoms with Gasteiger partial charge in [0.1, 0.15) is 5.75 Å². The van der Waals surface area contributed by atoms with Gasteiger partial charge in [-0.1, -0.05) is 0 Å². The number of unbranched alkanes of at least 4 members (excludes halogenated alkanes) is 1. The molecule has 0 saturated heterocycles. The number of carbonyl (C=O) groups excluding carboxylic acids is 1. The number of rotatable bonds is 7. The quantitative estimate of drug-likeness (QED) is 0.509. The number of hydrogen-bond donors (Lipinski definition) is 3. The van der Waals surface area contributed by atoms with Gasteiger partial charge in [0.25, 0.3) is 5.91 Å². The summed E-state index contributed by atoms with van der Waals surface area (Å²) in [7, 11) is 1.52. The Hall–Kier alpha value is -2.24. The molecule has 19 heavy (non-hydrogen) atoms. The number of carbonyl (C=O) groups is 2. The molecule has 6 heteroatoms. The van der Waals surface area contributed by atoms with Crippen LogP contribution in [-0.4, -0.2) is 30.6 Å². The average molecular weight is 266 g/mol. The second-order valence-electron chi connectivity index (χ2n) is 4.06. The van der Waals surface area contributed by atoms with Crippen molar-refractivity contribution in [2.75, 3.05) is 19.4 Å². The Balaban J connectivity index is 2.43. The summed E-state index contributed by atoms with van der Waals surface area (Å²) >= 11 is 0. The van der Waals surface area contributed by atoms with Gasteiger partial charge in [0, 0.05) is 24.7 Å². The molecule has 0 aliphatic rings. The summed E-state index contributed by atoms with van der Waals surface area (Å²) in [5.41, 5.74) is 6.49. The fraction of sp³-hybridized carbons (Fsp3) is 0.385. The van der Waals surface area contributed by atoms with Crippen LogP contribution in [0.1, 0.15) is 29.6 Å². The van der Waals surface area contributed by atoms with Crippen LogP contribution in [0, 0.1) is 0 Å². The van der Waals surface area contributed by atoms with Gasteiger partial charge in [-0.15, -0.1) is 0 Å². The SMILES string of the molecule is COc1ccc(C(=O)NCCCCC(=O)O)c(N)c1. The normalized spacial score (nSPS) is 9.95. The summed E-state index contributed by atoms with van der Waals surface area (Å²) in [5.74, 6) is -0.503. The standard InChI is InChI=1S/C13H18N2O4/c1-19-9-5-6-10(11(14)8-9)13(18)15-7-3-2-4-12(16)17/h5-6,8H,2-4,7,14H2,1H3,(H,15,18)(H,16,17). The summed E-state index contributed by atoms with van der Waals surface area (Å²) in [6.07, 6.45) is 1.27. The smallest absolute Gasteiger partial charge is 0.303 e. The lowest BCUT2D eigenvalue weighted by Gasteiger charge is -2.08. The van der Waals surface area contributed by atoms with E-state index in [1.54, 1.807) is 18.2 Å². The summed E-state index contributed by atoms with van der Waals surface area (Å²) in [6, 6.07) is 4.84. The molecule has 0 fully saturated rings. The zero-order chi connectivity index (χ0) is 14.3. The van der Waals surface area contributed by atoms with Crippen molar-refractivity contribution < 1.29 is 19.4 Å². The molecule has 0 radical (unpaired) electrons. The first-order valence-electron chi connectivity index (χ1n) is 5.98. The minimum absolute atomic E-state index is 0.112. The monoisotopic (exact) mass is 266 g/mol. The molecule has 1 amide bonds. The molecule has 0 bridgehead atoms. The number of carboxylic acid groups (broad SMARTS) is 1. The third-order valence-corrected chi connectivity index (χ3v) is 2.61. The van der Waals surface area contributed by atoms with Gasteiger partial charge < -0.3 is 20.9 Å². The summed E-state index contributed by atoms with van der Waals surface area (Å²) in [5, 5.41) is 11.2. The van der Waals surface area contributed by atoms with E-state index in [0.717, 1.165) is 0 Å². The van der Waals surface area contributed by atoms with Crippen molar-refractivity contribution in [1.29, 1.82) is 0 Å². The van der Waals surface area contributed by atoms with Crippen LogP contribution in [0.4, 0.5) is 5.69 Å². The summed E-state index contributed by atoms with van der Waals surface area (Å²) < 4.78 is 5.00. The molecule has 104 valence electrons. The van der Waals surface area contributed by atoms with Gasteiger partial charge >= 0.3 is 5.97 Å². The molecule has 0 unspecified atom stereocenters. The first kappa shape index (κ1) is 14.8. The highest BCUT2D eigenvalue weighted by atomic mass is 16.5. The Morgan fingerprint density at radius 1 is 1.37 bits per heavy atom. The van der Waals surface area contributed by atoms with E-state index in [1.165, 1.54) is 7.11 Å². The second-order valence-corrected chi connectivity index (χ2v) is 4.06. The Labute approximate surface area is 111 Å². The number of benzene rings is 1. The number of amides is 1. The topological polar surface area (TPSA) is 102 Å². The second kappa shape index (κ2) is 7.25. The van der Waals surface area contributed by atoms with Gasteiger partial charge in [0.05, 0.1) is 12.7 Å². The summed E-state index contributed by atoms with van der Waals surface area (Å²) in [6.45, 7) is 0.428. The first-order chi connectivity index (χ1) is 9.04. The predicted molar refractivity (Wildman–Crippen MR) is 71.2 cm³/mol. The Kier molecular flexibility index (Phi) is 5.66. The number of nitrogen functional groups attached to an aromatic ring is 1. The zero-order valence-electron chi connectivity index (χ0n) is 10.8. The van der Waals surface area contributed by atoms with Crippen LogP contribution in [0.15, 0.2) is 18.2 Å². The van der Waals surface area contributed by atoms with Crippen molar-refractivity contribution in [3.05, 3.63) is 23.8 Å². The number of hydrogen-bond acceptors (Lipinski definition) is 4. The minimum atomic E-state index is -0.828. The zero-order valence-corrected chi connectivity index (χ0v) is 10.8. The van der Waals surface area contributed by atoms with E-state index < -0.39 is 5.97 Å². The third-order valence-electron chi connectivity index (χ3n) is 2.61. The van der Waals surface area contributed by atoms with E-state index >= 15 is 0 Å². The summed E-state index contributed by atoms with van der Waals surface area (Å²) in [4.78, 5) is 22.1. The molecule has 0 aliphatic heterocycles. The molecule has 0 spiro atoms. The maximum atomic E-state index is 11.8. The maximum Gasteiger partial charge on any atom is 0.303 e. The number of aliphatic carboxylic acids is 1. The van der Waals surface area contributed by atoms with E-state index in [4.69, 9.17) is 15.6 Å². The lowest BCUT2D eigenvalue weighted by atomic mass is 10.1. The maximum absolute atomic E-state index is 11.8. The van der Waals surface area contributed by atoms with Crippen LogP contribution in [0.2, 0.25) is 0 Å². The van der Waals surface area contributed by atoms with Gasteiger partial charge in [-0.25, -0.2) is 0 Å². The van der Waals surface area contributed by atoms with Crippen molar-refractivity contribution in [2.24, 2.45) is 0 Å². The first-order valence-corrected chi connectivity index (χ1v) is 5.98. The molecule has 0 atom stereocenters. The van der Waals surface area contributed by atoms with E-state index in [2.05, 4.69) is 5.32 Å². The Bertz CT molecular complexity index is 460. The Morgan fingerprint density at radius 3 is 2.68 bits per heavy atom. The molecule has 1 aromatic carbocycles. The number of ether oxygens (including phenoxy) is 1. The van der Waals surface area contributed by atoms with E-state index in [-0.39, 0.29) is 12.3 Å². The van der Waals surface area contributed by atoms with Crippen molar-refractivity contribution in [2.45, 2.75) is 19.3 Å². The Morgan fingerprint density at radius 2 is 2.11 bits per heavy atom. The highest BCUT2D eigenvalue weighted by Gasteiger charge is 2.09. The van der Waals surface area contributed by atoms with Crippen LogP contribution < -0.4 is 15.8 Å². The average Bonchev–Trinajstić information content (AvgIpc) is 2.37. The fourth-order valence-electron chi connectivity index (χ4n) is 1.57. The minimum Gasteiger partial charge on any atom is -0.497 e. The number of nitrogens with two attached hydrogens (primary N) is 1. The molecule has 4 N–H and O–H groups in total. The molecular formula is C13H18N2O4. The molecule has 0 aromatic heterocycles. The molecule has 1 rings (SSSR count). The number of anilines is 1. The fourth-order valence-corrected chi connectivity index (χ4v) is 1.57. The van der Waals surface area contributed by atoms with Crippen LogP contribution >= 0.6 is 0 Å². The highest BCUT2D eigenvalue weighted by molar-refractivity contribution is 5.99. The van der Waals surface area contributed by atoms with Crippen LogP contribution in [0.25, 0.3) is 0 Å². The van der Waals surface area contributed by atoms with Crippen molar-refractivity contribution >= 4 is 17.6 Å². The van der Waals surface area contributed by atoms with Gasteiger partial charge in [-0.05, 0) is 25.0 Å². The molecule has 6 nitrogen and oxygen atoms in total. The van der Waals surface area contributed by atoms with Crippen LogP contribution in [0.3, 0.4) is 0 Å². The lowest BCUT2D eigenvalue weighted by Crippen LogP contribution is -2.25. The van der Waals surface area contributed by atoms with E-state index in [0.29, 0.717) is 36.4 Å². The molecular weight excluding hydrogens is 248 g/mol. The molecule has 0 heterocycles. The number of carboxylic acids is 1. The molecule has 0 aliphatic carbocycles. The van der Waals surface area contributed by atoms with Crippen LogP contribution in [0.5, 0.6) is 5.75 Å². The molecule has 0 saturated carbocycles. The predicted octanol–water partition coefficient (Wildman–Crippen LogP) is 1.26.